The number of nitrogens with one attached hydrogen (secondary N) is 6. The SMILES string of the molecule is C=CCN(C(=O)Nc1ccccc1N1CCCCC1)[C@@H]1C[C@@H](C(=O)NC2(C(=O)O)CC2C=C)N(C(=O)[C@@H](NC(=O)OC(C)(C)C)C(C)(C)C)C1.C=CCN(C(=O)Nc1ccccc1N1CCCCC1)[C@@H]1C[C@@H](C(=O)NC2(C(=O)OCC)CC2C=C)N(C(=O)[C@@H](NC(=O)OC(C)(C)C)C(C)(C)C)C1. The number of hydrogen-bond acceptors (Lipinski definition) is 15. The predicted octanol–water partition coefficient (Wildman–Crippen LogP) is 9.98. The van der Waals surface area contributed by atoms with Crippen LogP contribution in [0, 0.1) is 22.7 Å². The lowest BCUT2D eigenvalue weighted by Crippen LogP contribution is -2.59. The van der Waals surface area contributed by atoms with Crippen LogP contribution >= 0.6 is 0 Å². The summed E-state index contributed by atoms with van der Waals surface area (Å²) in [7, 11) is 0. The topological polar surface area (TPSA) is 310 Å². The van der Waals surface area contributed by atoms with Gasteiger partial charge in [-0.25, -0.2) is 28.8 Å². The zero-order valence-corrected chi connectivity index (χ0v) is 62.2. The Morgan fingerprint density at radius 2 is 0.922 bits per heavy atom. The molecule has 4 aliphatic heterocycles. The number of aliphatic carboxylic acids is 1. The fraction of sp³-hybridized carbons (Fsp3) is 0.605. The largest absolute Gasteiger partial charge is 0.479 e. The number of carboxylic acids is 1. The number of urea groups is 2. The van der Waals surface area contributed by atoms with Crippen molar-refractivity contribution in [2.45, 2.75) is 213 Å². The van der Waals surface area contributed by atoms with Gasteiger partial charge in [0.15, 0.2) is 0 Å². The van der Waals surface area contributed by atoms with Gasteiger partial charge in [-0.15, -0.1) is 26.3 Å². The summed E-state index contributed by atoms with van der Waals surface area (Å²) in [6.07, 6.45) is 11.9. The molecule has 0 bridgehead atoms. The molecular weight excluding hydrogens is 1300 g/mol. The van der Waals surface area contributed by atoms with E-state index in [9.17, 15) is 53.1 Å². The Balaban J connectivity index is 0.000000286. The molecule has 10 amide bonds. The Kier molecular flexibility index (Phi) is 26.2. The highest BCUT2D eigenvalue weighted by molar-refractivity contribution is 6.00. The first kappa shape index (κ1) is 80.2. The minimum absolute atomic E-state index is 0.00811. The third-order valence-corrected chi connectivity index (χ3v) is 19.3. The first-order valence-electron chi connectivity index (χ1n) is 35.8. The number of likely N-dealkylation sites (tertiary alicyclic amines) is 2. The van der Waals surface area contributed by atoms with Crippen molar-refractivity contribution in [1.82, 2.24) is 40.9 Å². The molecule has 6 fully saturated rings. The molecule has 2 aliphatic carbocycles. The van der Waals surface area contributed by atoms with Gasteiger partial charge >= 0.3 is 36.2 Å². The van der Waals surface area contributed by atoms with Gasteiger partial charge in [-0.3, -0.25) is 19.2 Å². The summed E-state index contributed by atoms with van der Waals surface area (Å²) < 4.78 is 16.3. The first-order chi connectivity index (χ1) is 47.9. The van der Waals surface area contributed by atoms with Crippen LogP contribution in [0.25, 0.3) is 0 Å². The fourth-order valence-electron chi connectivity index (χ4n) is 13.9. The molecule has 4 heterocycles. The number of ether oxygens (including phenoxy) is 3. The lowest BCUT2D eigenvalue weighted by molar-refractivity contribution is -0.150. The second kappa shape index (κ2) is 33.3. The number of carboxylic acid groups (broad SMARTS) is 1. The summed E-state index contributed by atoms with van der Waals surface area (Å²) in [5.41, 5.74) is -2.89. The van der Waals surface area contributed by atoms with E-state index in [1.807, 2.05) is 48.5 Å². The van der Waals surface area contributed by atoms with Gasteiger partial charge in [0.25, 0.3) is 0 Å². The van der Waals surface area contributed by atoms with E-state index < -0.39 is 135 Å². The second-order valence-electron chi connectivity index (χ2n) is 31.6. The van der Waals surface area contributed by atoms with Crippen LogP contribution in [0.15, 0.2) is 99.2 Å². The van der Waals surface area contributed by atoms with E-state index in [-0.39, 0.29) is 58.0 Å². The number of carbonyl (C=O) groups excluding carboxylic acids is 9. The number of rotatable bonds is 23. The zero-order valence-electron chi connectivity index (χ0n) is 62.2. The summed E-state index contributed by atoms with van der Waals surface area (Å²) in [6, 6.07) is 8.78. The predicted molar refractivity (Wildman–Crippen MR) is 393 cm³/mol. The highest BCUT2D eigenvalue weighted by Gasteiger charge is 2.63. The Morgan fingerprint density at radius 3 is 1.25 bits per heavy atom. The normalized spacial score (nSPS) is 23.7. The summed E-state index contributed by atoms with van der Waals surface area (Å²) in [4.78, 5) is 147. The van der Waals surface area contributed by atoms with Crippen molar-refractivity contribution in [2.24, 2.45) is 22.7 Å². The fourth-order valence-corrected chi connectivity index (χ4v) is 13.9. The van der Waals surface area contributed by atoms with Gasteiger partial charge in [0.05, 0.1) is 41.4 Å². The molecule has 0 spiro atoms. The molecule has 2 saturated carbocycles. The summed E-state index contributed by atoms with van der Waals surface area (Å²) in [5, 5.41) is 27.2. The molecule has 2 aromatic rings. The van der Waals surface area contributed by atoms with Crippen LogP contribution in [0.5, 0.6) is 0 Å². The number of carbonyl (C=O) groups is 10. The molecule has 6 aliphatic rings. The Hall–Kier alpha value is -9.10. The first-order valence-corrected chi connectivity index (χ1v) is 35.8. The third-order valence-electron chi connectivity index (χ3n) is 19.3. The van der Waals surface area contributed by atoms with Crippen molar-refractivity contribution < 1.29 is 67.3 Å². The van der Waals surface area contributed by atoms with Crippen molar-refractivity contribution in [2.75, 3.05) is 79.4 Å². The lowest BCUT2D eigenvalue weighted by atomic mass is 9.85. The van der Waals surface area contributed by atoms with Crippen molar-refractivity contribution in [3.63, 3.8) is 0 Å². The molecule has 0 radical (unpaired) electrons. The second-order valence-corrected chi connectivity index (χ2v) is 31.6. The van der Waals surface area contributed by atoms with Crippen molar-refractivity contribution in [1.29, 1.82) is 0 Å². The van der Waals surface area contributed by atoms with Gasteiger partial charge in [-0.2, -0.15) is 0 Å². The van der Waals surface area contributed by atoms with Crippen LogP contribution in [0.1, 0.15) is 154 Å². The lowest BCUT2D eigenvalue weighted by Gasteiger charge is -2.36. The molecule has 2 aromatic carbocycles. The minimum Gasteiger partial charge on any atom is -0.479 e. The van der Waals surface area contributed by atoms with Crippen LogP contribution in [0.2, 0.25) is 0 Å². The molecule has 4 unspecified atom stereocenters. The number of nitrogens with zero attached hydrogens (tertiary/aromatic N) is 6. The van der Waals surface area contributed by atoms with Crippen LogP contribution < -0.4 is 41.7 Å². The van der Waals surface area contributed by atoms with E-state index in [1.165, 1.54) is 27.2 Å². The number of piperidine rings is 2. The molecule has 560 valence electrons. The molecule has 26 nitrogen and oxygen atoms in total. The van der Waals surface area contributed by atoms with Gasteiger partial charge in [0.2, 0.25) is 23.6 Å². The molecule has 8 rings (SSSR count). The minimum atomic E-state index is -1.53. The van der Waals surface area contributed by atoms with Gasteiger partial charge < -0.3 is 80.6 Å². The van der Waals surface area contributed by atoms with E-state index in [1.54, 1.807) is 113 Å². The maximum Gasteiger partial charge on any atom is 0.408 e. The Bertz CT molecular complexity index is 3430. The van der Waals surface area contributed by atoms with Crippen LogP contribution in [0.4, 0.5) is 41.9 Å². The average molecular weight is 1420 g/mol. The number of benzene rings is 2. The molecule has 7 N–H and O–H groups in total. The van der Waals surface area contributed by atoms with E-state index >= 15 is 0 Å². The summed E-state index contributed by atoms with van der Waals surface area (Å²) >= 11 is 0. The van der Waals surface area contributed by atoms with Crippen LogP contribution in [-0.4, -0.2) is 202 Å². The Morgan fingerprint density at radius 1 is 0.559 bits per heavy atom. The molecule has 0 aromatic heterocycles. The van der Waals surface area contributed by atoms with E-state index in [2.05, 4.69) is 68.0 Å². The maximum atomic E-state index is 14.6. The number of esters is 1. The number of para-hydroxylation sites is 4. The Labute approximate surface area is 602 Å². The van der Waals surface area contributed by atoms with Crippen LogP contribution in [0.3, 0.4) is 0 Å². The maximum absolute atomic E-state index is 14.6. The van der Waals surface area contributed by atoms with Gasteiger partial charge in [0.1, 0.15) is 46.4 Å². The zero-order chi connectivity index (χ0) is 75.5. The standard InChI is InChI=1S/C39H58N6O7.C37H54N6O7/c1-10-20-44(35(49)40-28-18-14-15-19-29(28)43-21-16-13-17-22-43)27-23-30(32(46)42-39(24-26(39)11-2)34(48)51-12-3)45(25-27)33(47)31(37(4,5)6)41-36(50)52-38(7,8)9;1-9-18-42(33(48)38-26-16-12-13-17-27(26)41-19-14-11-15-20-41)25-21-28(30(44)40-37(32(46)47)22-24(37)10-2)43(23-25)31(45)29(35(3,4)5)39-34(49)50-36(6,7)8/h10-11,14-15,18-19,26-27,30-31H,1-2,12-13,16-17,20-25H2,3-9H3,(H,40,49)(H,41,50)(H,42,46);9-10,12-13,16-17,24-25,28-29H,1-2,11,14-15,18-23H2,3-8H3,(H,38,48)(H,39,49)(H,40,44)(H,46,47)/t26?,27-,30+,31-,39?;24?,25-,28+,29-,37?/m11/s1. The van der Waals surface area contributed by atoms with Crippen LogP contribution in [-0.2, 0) is 43.0 Å². The highest BCUT2D eigenvalue weighted by atomic mass is 16.6. The molecular formula is C76H112N12O14. The van der Waals surface area contributed by atoms with Crippen molar-refractivity contribution >= 4 is 82.6 Å². The summed E-state index contributed by atoms with van der Waals surface area (Å²) in [5.74, 6) is -4.86. The van der Waals surface area contributed by atoms with E-state index in [4.69, 9.17) is 14.2 Å². The number of anilines is 4. The molecule has 4 saturated heterocycles. The number of amides is 10. The van der Waals surface area contributed by atoms with Crippen molar-refractivity contribution in [3.8, 4) is 0 Å². The quantitative estimate of drug-likeness (QED) is 0.0309. The van der Waals surface area contributed by atoms with E-state index in [0.29, 0.717) is 17.8 Å². The number of alkyl carbamates (subject to hydrolysis) is 2. The smallest absolute Gasteiger partial charge is 0.408 e. The van der Waals surface area contributed by atoms with Gasteiger partial charge in [-0.05, 0) is 148 Å². The third kappa shape index (κ3) is 19.9. The molecule has 26 heteroatoms. The highest BCUT2D eigenvalue weighted by Crippen LogP contribution is 2.47. The van der Waals surface area contributed by atoms with Gasteiger partial charge in [-0.1, -0.05) is 90.1 Å². The molecule has 10 atom stereocenters. The van der Waals surface area contributed by atoms with Gasteiger partial charge in [0, 0.05) is 64.2 Å². The monoisotopic (exact) mass is 1420 g/mol. The molecule has 102 heavy (non-hydrogen) atoms. The summed E-state index contributed by atoms with van der Waals surface area (Å²) in [6.45, 7) is 41.9. The average Bonchev–Trinajstić information content (AvgIpc) is 1.58. The van der Waals surface area contributed by atoms with E-state index in [0.717, 1.165) is 69.7 Å². The van der Waals surface area contributed by atoms with Crippen molar-refractivity contribution in [3.05, 3.63) is 99.2 Å². The number of hydrogen-bond donors (Lipinski definition) is 7.